The Hall–Kier alpha value is -3.58. The van der Waals surface area contributed by atoms with E-state index in [2.05, 4.69) is 32.1 Å². The van der Waals surface area contributed by atoms with Crippen LogP contribution < -0.4 is 0 Å². The Balaban J connectivity index is 1.29. The van der Waals surface area contributed by atoms with Gasteiger partial charge < -0.3 is 4.90 Å². The van der Waals surface area contributed by atoms with E-state index < -0.39 is 0 Å². The average Bonchev–Trinajstić information content (AvgIpc) is 3.16. The highest BCUT2D eigenvalue weighted by atomic mass is 16.2. The first-order chi connectivity index (χ1) is 15.7. The zero-order chi connectivity index (χ0) is 21.9. The van der Waals surface area contributed by atoms with Gasteiger partial charge in [-0.1, -0.05) is 36.4 Å². The molecule has 0 atom stereocenters. The molecule has 0 saturated carbocycles. The minimum Gasteiger partial charge on any atom is -0.339 e. The highest BCUT2D eigenvalue weighted by molar-refractivity contribution is 5.95. The molecule has 0 bridgehead atoms. The maximum atomic E-state index is 13.0. The summed E-state index contributed by atoms with van der Waals surface area (Å²) in [6.45, 7) is 6.12. The monoisotopic (exact) mass is 426 g/mol. The number of aryl methyl sites for hydroxylation is 1. The summed E-state index contributed by atoms with van der Waals surface area (Å²) in [6.07, 6.45) is 3.62. The lowest BCUT2D eigenvalue weighted by molar-refractivity contribution is -0.133. The summed E-state index contributed by atoms with van der Waals surface area (Å²) in [7, 11) is 0. The summed E-state index contributed by atoms with van der Waals surface area (Å²) in [5.74, 6) is 0.0822. The summed E-state index contributed by atoms with van der Waals surface area (Å²) in [4.78, 5) is 26.3. The van der Waals surface area contributed by atoms with Crippen molar-refractivity contribution in [1.82, 2.24) is 29.5 Å². The summed E-state index contributed by atoms with van der Waals surface area (Å²) in [5, 5.41) is 5.68. The van der Waals surface area contributed by atoms with Crippen LogP contribution in [-0.4, -0.2) is 61.6 Å². The van der Waals surface area contributed by atoms with E-state index in [0.29, 0.717) is 13.1 Å². The Labute approximate surface area is 187 Å². The predicted octanol–water partition coefficient (Wildman–Crippen LogP) is 3.15. The van der Waals surface area contributed by atoms with Crippen molar-refractivity contribution in [1.29, 1.82) is 0 Å². The maximum Gasteiger partial charge on any atom is 0.244 e. The molecule has 1 aliphatic rings. The van der Waals surface area contributed by atoms with E-state index in [1.165, 1.54) is 0 Å². The second-order valence-electron chi connectivity index (χ2n) is 8.14. The van der Waals surface area contributed by atoms with Crippen molar-refractivity contribution in [2.24, 2.45) is 0 Å². The summed E-state index contributed by atoms with van der Waals surface area (Å²) >= 11 is 0. The molecule has 0 aliphatic carbocycles. The Morgan fingerprint density at radius 2 is 1.69 bits per heavy atom. The van der Waals surface area contributed by atoms with Crippen LogP contribution in [0.5, 0.6) is 0 Å². The summed E-state index contributed by atoms with van der Waals surface area (Å²) in [5.41, 5.74) is 4.92. The van der Waals surface area contributed by atoms with Gasteiger partial charge in [0.25, 0.3) is 0 Å². The normalized spacial score (nSPS) is 14.7. The molecule has 3 aromatic heterocycles. The van der Waals surface area contributed by atoms with E-state index >= 15 is 0 Å². The first kappa shape index (κ1) is 20.3. The van der Waals surface area contributed by atoms with Crippen molar-refractivity contribution in [2.45, 2.75) is 20.0 Å². The molecular formula is C25H26N6O. The molecule has 1 fully saturated rings. The summed E-state index contributed by atoms with van der Waals surface area (Å²) in [6, 6.07) is 18.2. The number of hydrogen-bond acceptors (Lipinski definition) is 5. The van der Waals surface area contributed by atoms with Gasteiger partial charge in [0.1, 0.15) is 6.54 Å². The van der Waals surface area contributed by atoms with Crippen LogP contribution in [-0.2, 0) is 17.9 Å². The first-order valence-corrected chi connectivity index (χ1v) is 11.0. The zero-order valence-corrected chi connectivity index (χ0v) is 18.2. The number of hydrogen-bond donors (Lipinski definition) is 0. The van der Waals surface area contributed by atoms with E-state index in [1.54, 1.807) is 10.9 Å². The van der Waals surface area contributed by atoms with Crippen LogP contribution in [0.15, 0.2) is 67.0 Å². The van der Waals surface area contributed by atoms with Crippen molar-refractivity contribution < 1.29 is 4.79 Å². The van der Waals surface area contributed by atoms with E-state index in [-0.39, 0.29) is 12.5 Å². The van der Waals surface area contributed by atoms with Crippen molar-refractivity contribution >= 4 is 16.9 Å². The second kappa shape index (κ2) is 8.88. The number of amides is 1. The molecule has 1 saturated heterocycles. The number of carbonyl (C=O) groups is 1. The smallest absolute Gasteiger partial charge is 0.244 e. The van der Waals surface area contributed by atoms with Gasteiger partial charge in [0.15, 0.2) is 5.65 Å². The average molecular weight is 427 g/mol. The quantitative estimate of drug-likeness (QED) is 0.490. The third kappa shape index (κ3) is 4.11. The van der Waals surface area contributed by atoms with Crippen molar-refractivity contribution in [3.05, 3.63) is 78.4 Å². The minimum absolute atomic E-state index is 0.0822. The lowest BCUT2D eigenvalue weighted by atomic mass is 10.0. The number of pyridine rings is 2. The molecule has 0 unspecified atom stereocenters. The van der Waals surface area contributed by atoms with E-state index in [9.17, 15) is 4.79 Å². The highest BCUT2D eigenvalue weighted by Crippen LogP contribution is 2.29. The maximum absolute atomic E-state index is 13.0. The van der Waals surface area contributed by atoms with Crippen LogP contribution in [0, 0.1) is 6.92 Å². The third-order valence-electron chi connectivity index (χ3n) is 6.01. The van der Waals surface area contributed by atoms with Crippen LogP contribution in [0.4, 0.5) is 0 Å². The van der Waals surface area contributed by atoms with Gasteiger partial charge in [-0.25, -0.2) is 9.67 Å². The first-order valence-electron chi connectivity index (χ1n) is 11.0. The van der Waals surface area contributed by atoms with Gasteiger partial charge in [-0.3, -0.25) is 14.7 Å². The van der Waals surface area contributed by atoms with E-state index in [1.807, 2.05) is 60.5 Å². The highest BCUT2D eigenvalue weighted by Gasteiger charge is 2.23. The molecule has 0 radical (unpaired) electrons. The minimum atomic E-state index is 0.0822. The topological polar surface area (TPSA) is 67.2 Å². The van der Waals surface area contributed by atoms with Gasteiger partial charge in [0.2, 0.25) is 5.91 Å². The molecule has 5 rings (SSSR count). The van der Waals surface area contributed by atoms with Crippen LogP contribution in [0.25, 0.3) is 22.2 Å². The standard InChI is InChI=1S/C25H26N6O/c1-19-24-22(20-7-3-2-4-8-20)10-12-27-25(24)31(28-19)18-23(32)30-15-13-29(14-16-30)17-21-9-5-6-11-26-21/h2-12H,13-18H2,1H3. The van der Waals surface area contributed by atoms with Crippen LogP contribution in [0.3, 0.4) is 0 Å². The Bertz CT molecular complexity index is 1210. The van der Waals surface area contributed by atoms with Crippen molar-refractivity contribution in [2.75, 3.05) is 26.2 Å². The fourth-order valence-electron chi connectivity index (χ4n) is 4.35. The largest absolute Gasteiger partial charge is 0.339 e. The molecule has 1 aliphatic heterocycles. The molecule has 4 heterocycles. The second-order valence-corrected chi connectivity index (χ2v) is 8.14. The van der Waals surface area contributed by atoms with Gasteiger partial charge in [-0.05, 0) is 36.2 Å². The van der Waals surface area contributed by atoms with Crippen molar-refractivity contribution in [3.8, 4) is 11.1 Å². The lowest BCUT2D eigenvalue weighted by Crippen LogP contribution is -2.49. The van der Waals surface area contributed by atoms with Gasteiger partial charge in [0.05, 0.1) is 11.4 Å². The number of benzene rings is 1. The zero-order valence-electron chi connectivity index (χ0n) is 18.2. The summed E-state index contributed by atoms with van der Waals surface area (Å²) < 4.78 is 1.75. The number of aromatic nitrogens is 4. The number of nitrogens with zero attached hydrogens (tertiary/aromatic N) is 6. The fraction of sp³-hybridized carbons (Fsp3) is 0.280. The SMILES string of the molecule is Cc1nn(CC(=O)N2CCN(Cc3ccccn3)CC2)c2nccc(-c3ccccc3)c12. The Kier molecular flexibility index (Phi) is 5.64. The number of fused-ring (bicyclic) bond motifs is 1. The fourth-order valence-corrected chi connectivity index (χ4v) is 4.35. The van der Waals surface area contributed by atoms with Gasteiger partial charge >= 0.3 is 0 Å². The Morgan fingerprint density at radius 1 is 0.906 bits per heavy atom. The molecule has 162 valence electrons. The third-order valence-corrected chi connectivity index (χ3v) is 6.01. The van der Waals surface area contributed by atoms with Crippen LogP contribution >= 0.6 is 0 Å². The van der Waals surface area contributed by atoms with Crippen LogP contribution in [0.1, 0.15) is 11.4 Å². The molecule has 4 aromatic rings. The van der Waals surface area contributed by atoms with E-state index in [4.69, 9.17) is 0 Å². The van der Waals surface area contributed by atoms with Gasteiger partial charge in [-0.2, -0.15) is 5.10 Å². The number of piperazine rings is 1. The number of rotatable bonds is 5. The molecule has 32 heavy (non-hydrogen) atoms. The lowest BCUT2D eigenvalue weighted by Gasteiger charge is -2.34. The number of carbonyl (C=O) groups excluding carboxylic acids is 1. The Morgan fingerprint density at radius 3 is 2.44 bits per heavy atom. The molecule has 7 heteroatoms. The molecule has 7 nitrogen and oxygen atoms in total. The molecule has 0 spiro atoms. The van der Waals surface area contributed by atoms with Crippen molar-refractivity contribution in [3.63, 3.8) is 0 Å². The van der Waals surface area contributed by atoms with Gasteiger partial charge in [-0.15, -0.1) is 0 Å². The molecular weight excluding hydrogens is 400 g/mol. The molecule has 1 aromatic carbocycles. The van der Waals surface area contributed by atoms with Crippen LogP contribution in [0.2, 0.25) is 0 Å². The van der Waals surface area contributed by atoms with Gasteiger partial charge in [0, 0.05) is 50.5 Å². The predicted molar refractivity (Wildman–Crippen MR) is 124 cm³/mol. The molecule has 1 amide bonds. The molecule has 0 N–H and O–H groups in total. The van der Waals surface area contributed by atoms with E-state index in [0.717, 1.165) is 53.2 Å².